The number of aromatic nitrogens is 1. The Bertz CT molecular complexity index is 3440. The zero-order valence-corrected chi connectivity index (χ0v) is 37.4. The molecular weight excluding hydrogens is 797 g/mol. The van der Waals surface area contributed by atoms with Crippen molar-refractivity contribution in [3.63, 3.8) is 0 Å². The van der Waals surface area contributed by atoms with Gasteiger partial charge in [-0.25, -0.2) is 0 Å². The minimum absolute atomic E-state index is 0.936. The highest BCUT2D eigenvalue weighted by molar-refractivity contribution is 6.11. The molecule has 10 aromatic carbocycles. The predicted molar refractivity (Wildman–Crippen MR) is 281 cm³/mol. The van der Waals surface area contributed by atoms with Crippen molar-refractivity contribution in [1.82, 2.24) is 4.57 Å². The zero-order chi connectivity index (χ0) is 44.4. The first-order valence-corrected chi connectivity index (χ1v) is 23.2. The van der Waals surface area contributed by atoms with Crippen LogP contribution in [0.25, 0.3) is 83.1 Å². The lowest BCUT2D eigenvalue weighted by Gasteiger charge is -2.27. The molecule has 0 saturated heterocycles. The molecule has 0 saturated carbocycles. The third-order valence-corrected chi connectivity index (χ3v) is 13.2. The van der Waals surface area contributed by atoms with E-state index in [1.165, 1.54) is 88.6 Å². The van der Waals surface area contributed by atoms with Crippen molar-refractivity contribution in [2.24, 2.45) is 0 Å². The highest BCUT2D eigenvalue weighted by atomic mass is 15.1. The molecule has 0 N–H and O–H groups in total. The zero-order valence-electron chi connectivity index (χ0n) is 37.4. The third-order valence-electron chi connectivity index (χ3n) is 13.2. The van der Waals surface area contributed by atoms with Gasteiger partial charge in [0.1, 0.15) is 0 Å². The Morgan fingerprint density at radius 2 is 0.682 bits per heavy atom. The van der Waals surface area contributed by atoms with Crippen LogP contribution in [0.4, 0.5) is 17.1 Å². The number of hydrogen-bond acceptors (Lipinski definition) is 1. The van der Waals surface area contributed by atoms with E-state index in [1.54, 1.807) is 0 Å². The molecule has 1 aromatic heterocycles. The van der Waals surface area contributed by atoms with Gasteiger partial charge in [-0.1, -0.05) is 184 Å². The Morgan fingerprint density at radius 3 is 1.18 bits per heavy atom. The van der Waals surface area contributed by atoms with Gasteiger partial charge in [-0.2, -0.15) is 0 Å². The van der Waals surface area contributed by atoms with Crippen LogP contribution in [0.2, 0.25) is 0 Å². The fourth-order valence-electron chi connectivity index (χ4n) is 9.77. The number of rotatable bonds is 11. The number of aryl methyl sites for hydroxylation is 2. The first-order valence-electron chi connectivity index (χ1n) is 23.2. The highest BCUT2D eigenvalue weighted by Gasteiger charge is 2.18. The Morgan fingerprint density at radius 1 is 0.303 bits per heavy atom. The normalized spacial score (nSPS) is 11.3. The largest absolute Gasteiger partial charge is 0.310 e. The molecular formula is C64H50N2. The second-order valence-corrected chi connectivity index (χ2v) is 17.1. The molecule has 66 heavy (non-hydrogen) atoms. The summed E-state index contributed by atoms with van der Waals surface area (Å²) in [5.74, 6) is 0. The summed E-state index contributed by atoms with van der Waals surface area (Å²) in [6, 6.07) is 88.7. The van der Waals surface area contributed by atoms with Gasteiger partial charge >= 0.3 is 0 Å². The van der Waals surface area contributed by atoms with Crippen molar-refractivity contribution in [1.29, 1.82) is 0 Å². The van der Waals surface area contributed by atoms with Crippen LogP contribution in [0.15, 0.2) is 243 Å². The molecule has 0 radical (unpaired) electrons. The van der Waals surface area contributed by atoms with E-state index in [9.17, 15) is 0 Å². The van der Waals surface area contributed by atoms with Crippen LogP contribution in [0.1, 0.15) is 25.0 Å². The molecule has 0 bridgehead atoms. The van der Waals surface area contributed by atoms with Crippen LogP contribution >= 0.6 is 0 Å². The summed E-state index contributed by atoms with van der Waals surface area (Å²) in [6.45, 7) is 4.51. The quantitative estimate of drug-likeness (QED) is 0.126. The van der Waals surface area contributed by atoms with Crippen molar-refractivity contribution in [2.75, 3.05) is 4.90 Å². The Kier molecular flexibility index (Phi) is 10.9. The number of fused-ring (bicyclic) bond motifs is 3. The van der Waals surface area contributed by atoms with Gasteiger partial charge in [0.15, 0.2) is 0 Å². The standard InChI is InChI=1S/C64H50N2/c1-3-45-16-14-15-23-59(45)60-39-38-58(42-46(60)4-2)65(55-32-24-50(25-33-55)47-17-8-5-9-18-47)56-34-28-52(29-35-56)54-31-41-64-62(44-54)61-43-53(49-21-12-7-13-22-49)30-40-63(61)66(64)57-36-26-51(27-37-57)48-19-10-6-11-20-48/h5-44H,3-4H2,1-2H3. The highest BCUT2D eigenvalue weighted by Crippen LogP contribution is 2.41. The van der Waals surface area contributed by atoms with Crippen LogP contribution in [0.5, 0.6) is 0 Å². The SMILES string of the molecule is CCc1ccccc1-c1ccc(N(c2ccc(-c3ccccc3)cc2)c2ccc(-c3ccc4c(c3)c3cc(-c5ccccc5)ccc3n4-c3ccc(-c4ccccc4)cc3)cc2)cc1CC. The number of hydrogen-bond donors (Lipinski definition) is 0. The van der Waals surface area contributed by atoms with E-state index in [0.717, 1.165) is 35.6 Å². The molecule has 0 unspecified atom stereocenters. The van der Waals surface area contributed by atoms with Crippen LogP contribution in [-0.2, 0) is 12.8 Å². The monoisotopic (exact) mass is 846 g/mol. The van der Waals surface area contributed by atoms with E-state index in [4.69, 9.17) is 0 Å². The fourth-order valence-corrected chi connectivity index (χ4v) is 9.77. The van der Waals surface area contributed by atoms with E-state index in [-0.39, 0.29) is 0 Å². The van der Waals surface area contributed by atoms with Gasteiger partial charge in [0, 0.05) is 33.5 Å². The molecule has 11 aromatic rings. The number of anilines is 3. The predicted octanol–water partition coefficient (Wildman–Crippen LogP) is 17.7. The second-order valence-electron chi connectivity index (χ2n) is 17.1. The first kappa shape index (κ1) is 40.6. The molecule has 0 fully saturated rings. The number of benzene rings is 10. The summed E-state index contributed by atoms with van der Waals surface area (Å²) >= 11 is 0. The first-order chi connectivity index (χ1) is 32.6. The summed E-state index contributed by atoms with van der Waals surface area (Å²) in [5.41, 5.74) is 21.9. The molecule has 2 heteroatoms. The molecule has 2 nitrogen and oxygen atoms in total. The maximum atomic E-state index is 2.42. The van der Waals surface area contributed by atoms with Gasteiger partial charge in [0.25, 0.3) is 0 Å². The fraction of sp³-hybridized carbons (Fsp3) is 0.0625. The van der Waals surface area contributed by atoms with Crippen molar-refractivity contribution in [2.45, 2.75) is 26.7 Å². The average Bonchev–Trinajstić information content (AvgIpc) is 3.73. The Hall–Kier alpha value is -8.20. The minimum atomic E-state index is 0.936. The van der Waals surface area contributed by atoms with Gasteiger partial charge in [-0.3, -0.25) is 0 Å². The van der Waals surface area contributed by atoms with E-state index >= 15 is 0 Å². The van der Waals surface area contributed by atoms with E-state index in [0.29, 0.717) is 0 Å². The van der Waals surface area contributed by atoms with Gasteiger partial charge < -0.3 is 9.47 Å². The second kappa shape index (κ2) is 17.8. The minimum Gasteiger partial charge on any atom is -0.310 e. The van der Waals surface area contributed by atoms with Crippen molar-refractivity contribution >= 4 is 38.9 Å². The van der Waals surface area contributed by atoms with Crippen LogP contribution in [-0.4, -0.2) is 4.57 Å². The third kappa shape index (κ3) is 7.67. The van der Waals surface area contributed by atoms with E-state index in [2.05, 4.69) is 266 Å². The lowest BCUT2D eigenvalue weighted by Crippen LogP contribution is -2.10. The topological polar surface area (TPSA) is 8.17 Å². The molecule has 0 aliphatic heterocycles. The smallest absolute Gasteiger partial charge is 0.0541 e. The van der Waals surface area contributed by atoms with E-state index in [1.807, 2.05) is 0 Å². The molecule has 316 valence electrons. The molecule has 0 atom stereocenters. The Balaban J connectivity index is 1.00. The van der Waals surface area contributed by atoms with Crippen LogP contribution in [0, 0.1) is 0 Å². The lowest BCUT2D eigenvalue weighted by atomic mass is 9.92. The molecule has 0 spiro atoms. The van der Waals surface area contributed by atoms with Crippen molar-refractivity contribution < 1.29 is 0 Å². The van der Waals surface area contributed by atoms with Gasteiger partial charge in [-0.15, -0.1) is 0 Å². The molecule has 1 heterocycles. The van der Waals surface area contributed by atoms with Crippen LogP contribution < -0.4 is 4.90 Å². The van der Waals surface area contributed by atoms with Crippen molar-refractivity contribution in [3.8, 4) is 61.3 Å². The molecule has 0 aliphatic rings. The number of nitrogens with zero attached hydrogens (tertiary/aromatic N) is 2. The van der Waals surface area contributed by atoms with Gasteiger partial charge in [0.05, 0.1) is 11.0 Å². The summed E-state index contributed by atoms with van der Waals surface area (Å²) in [6.07, 6.45) is 1.94. The lowest BCUT2D eigenvalue weighted by molar-refractivity contribution is 1.11. The molecule has 0 aliphatic carbocycles. The van der Waals surface area contributed by atoms with E-state index < -0.39 is 0 Å². The average molecular weight is 847 g/mol. The van der Waals surface area contributed by atoms with Crippen LogP contribution in [0.3, 0.4) is 0 Å². The summed E-state index contributed by atoms with van der Waals surface area (Å²) in [5, 5.41) is 2.47. The van der Waals surface area contributed by atoms with Gasteiger partial charge in [0.2, 0.25) is 0 Å². The summed E-state index contributed by atoms with van der Waals surface area (Å²) in [4.78, 5) is 2.40. The molecule has 0 amide bonds. The van der Waals surface area contributed by atoms with Crippen molar-refractivity contribution in [3.05, 3.63) is 254 Å². The summed E-state index contributed by atoms with van der Waals surface area (Å²) in [7, 11) is 0. The van der Waals surface area contributed by atoms with Gasteiger partial charge in [-0.05, 0) is 152 Å². The Labute approximate surface area is 388 Å². The molecule has 11 rings (SSSR count). The summed E-state index contributed by atoms with van der Waals surface area (Å²) < 4.78 is 2.42. The maximum Gasteiger partial charge on any atom is 0.0541 e. The maximum absolute atomic E-state index is 2.42.